The van der Waals surface area contributed by atoms with Crippen LogP contribution in [0.4, 0.5) is 4.39 Å². The minimum Gasteiger partial charge on any atom is -0.339 e. The van der Waals surface area contributed by atoms with Crippen LogP contribution in [0, 0.1) is 5.82 Å². The lowest BCUT2D eigenvalue weighted by molar-refractivity contribution is 0.361. The van der Waals surface area contributed by atoms with Gasteiger partial charge in [-0.3, -0.25) is 0 Å². The predicted octanol–water partition coefficient (Wildman–Crippen LogP) is 1.94. The van der Waals surface area contributed by atoms with E-state index in [1.54, 1.807) is 18.2 Å². The number of benzene rings is 1. The normalized spacial score (nSPS) is 12.7. The first-order valence-corrected chi connectivity index (χ1v) is 5.01. The summed E-state index contributed by atoms with van der Waals surface area (Å²) in [5, 5.41) is 3.73. The quantitative estimate of drug-likeness (QED) is 0.860. The van der Waals surface area contributed by atoms with Crippen LogP contribution in [0.3, 0.4) is 0 Å². The topological polar surface area (TPSA) is 64.9 Å². The fraction of sp³-hybridized carbons (Fsp3) is 0.273. The Kier molecular flexibility index (Phi) is 2.96. The molecule has 16 heavy (non-hydrogen) atoms. The number of hydrogen-bond donors (Lipinski definition) is 1. The molecule has 0 aliphatic carbocycles. The average Bonchev–Trinajstić information content (AvgIpc) is 2.78. The van der Waals surface area contributed by atoms with Crippen molar-refractivity contribution in [3.63, 3.8) is 0 Å². The molecule has 84 valence electrons. The monoisotopic (exact) mass is 221 g/mol. The van der Waals surface area contributed by atoms with E-state index in [-0.39, 0.29) is 17.6 Å². The van der Waals surface area contributed by atoms with E-state index >= 15 is 0 Å². The van der Waals surface area contributed by atoms with Gasteiger partial charge in [0.1, 0.15) is 5.82 Å². The van der Waals surface area contributed by atoms with Crippen molar-refractivity contribution in [1.82, 2.24) is 10.1 Å². The van der Waals surface area contributed by atoms with Crippen LogP contribution in [0.25, 0.3) is 11.4 Å². The van der Waals surface area contributed by atoms with Crippen molar-refractivity contribution in [1.29, 1.82) is 0 Å². The SMILES string of the molecule is CC(CN)c1nc(-c2ccccc2F)no1. The molecule has 1 heterocycles. The van der Waals surface area contributed by atoms with E-state index < -0.39 is 0 Å². The van der Waals surface area contributed by atoms with Gasteiger partial charge in [0.25, 0.3) is 0 Å². The van der Waals surface area contributed by atoms with Crippen LogP contribution < -0.4 is 5.73 Å². The van der Waals surface area contributed by atoms with Gasteiger partial charge < -0.3 is 10.3 Å². The van der Waals surface area contributed by atoms with Gasteiger partial charge in [0.05, 0.1) is 5.56 Å². The Morgan fingerprint density at radius 3 is 2.88 bits per heavy atom. The highest BCUT2D eigenvalue weighted by molar-refractivity contribution is 5.54. The van der Waals surface area contributed by atoms with Gasteiger partial charge >= 0.3 is 0 Å². The third kappa shape index (κ3) is 1.94. The fourth-order valence-corrected chi connectivity index (χ4v) is 1.29. The molecule has 4 nitrogen and oxygen atoms in total. The summed E-state index contributed by atoms with van der Waals surface area (Å²) in [6, 6.07) is 6.30. The molecule has 0 aliphatic heterocycles. The van der Waals surface area contributed by atoms with Crippen LogP contribution in [0.5, 0.6) is 0 Å². The van der Waals surface area contributed by atoms with Crippen molar-refractivity contribution in [3.8, 4) is 11.4 Å². The Morgan fingerprint density at radius 1 is 1.44 bits per heavy atom. The highest BCUT2D eigenvalue weighted by atomic mass is 19.1. The van der Waals surface area contributed by atoms with E-state index in [4.69, 9.17) is 10.3 Å². The first kappa shape index (κ1) is 10.8. The molecule has 2 rings (SSSR count). The Balaban J connectivity index is 2.35. The fourth-order valence-electron chi connectivity index (χ4n) is 1.29. The molecule has 1 aromatic heterocycles. The molecule has 0 bridgehead atoms. The molecule has 0 amide bonds. The third-order valence-electron chi connectivity index (χ3n) is 2.33. The molecule has 2 aromatic rings. The second-order valence-corrected chi connectivity index (χ2v) is 3.57. The van der Waals surface area contributed by atoms with Crippen molar-refractivity contribution >= 4 is 0 Å². The Bertz CT molecular complexity index is 484. The molecule has 2 N–H and O–H groups in total. The molecule has 0 saturated carbocycles. The van der Waals surface area contributed by atoms with Gasteiger partial charge in [-0.25, -0.2) is 4.39 Å². The number of halogens is 1. The predicted molar refractivity (Wildman–Crippen MR) is 57.2 cm³/mol. The average molecular weight is 221 g/mol. The summed E-state index contributed by atoms with van der Waals surface area (Å²) in [7, 11) is 0. The number of hydrogen-bond acceptors (Lipinski definition) is 4. The summed E-state index contributed by atoms with van der Waals surface area (Å²) in [5.41, 5.74) is 5.81. The van der Waals surface area contributed by atoms with Crippen molar-refractivity contribution in [2.45, 2.75) is 12.8 Å². The van der Waals surface area contributed by atoms with Crippen LogP contribution in [0.15, 0.2) is 28.8 Å². The summed E-state index contributed by atoms with van der Waals surface area (Å²) < 4.78 is 18.4. The summed E-state index contributed by atoms with van der Waals surface area (Å²) in [6.07, 6.45) is 0. The van der Waals surface area contributed by atoms with Crippen LogP contribution in [-0.2, 0) is 0 Å². The van der Waals surface area contributed by atoms with Gasteiger partial charge in [-0.15, -0.1) is 0 Å². The Morgan fingerprint density at radius 2 is 2.19 bits per heavy atom. The van der Waals surface area contributed by atoms with Gasteiger partial charge in [0.15, 0.2) is 0 Å². The van der Waals surface area contributed by atoms with Gasteiger partial charge in [-0.2, -0.15) is 4.98 Å². The van der Waals surface area contributed by atoms with E-state index in [1.165, 1.54) is 6.07 Å². The standard InChI is InChI=1S/C11H12FN3O/c1-7(6-13)11-14-10(15-16-11)8-4-2-3-5-9(8)12/h2-5,7H,6,13H2,1H3. The lowest BCUT2D eigenvalue weighted by atomic mass is 10.2. The zero-order valence-corrected chi connectivity index (χ0v) is 8.85. The molecule has 1 unspecified atom stereocenters. The summed E-state index contributed by atoms with van der Waals surface area (Å²) in [4.78, 5) is 4.11. The van der Waals surface area contributed by atoms with E-state index in [1.807, 2.05) is 6.92 Å². The highest BCUT2D eigenvalue weighted by Gasteiger charge is 2.15. The van der Waals surface area contributed by atoms with Crippen molar-refractivity contribution < 1.29 is 8.91 Å². The number of nitrogens with two attached hydrogens (primary N) is 1. The van der Waals surface area contributed by atoms with Crippen LogP contribution in [0.1, 0.15) is 18.7 Å². The van der Waals surface area contributed by atoms with E-state index in [0.717, 1.165) is 0 Å². The maximum atomic E-state index is 13.4. The maximum Gasteiger partial charge on any atom is 0.231 e. The summed E-state index contributed by atoms with van der Waals surface area (Å²) >= 11 is 0. The molecule has 5 heteroatoms. The van der Waals surface area contributed by atoms with Crippen molar-refractivity contribution in [2.24, 2.45) is 5.73 Å². The second-order valence-electron chi connectivity index (χ2n) is 3.57. The third-order valence-corrected chi connectivity index (χ3v) is 2.33. The second kappa shape index (κ2) is 4.40. The van der Waals surface area contributed by atoms with Crippen LogP contribution in [-0.4, -0.2) is 16.7 Å². The summed E-state index contributed by atoms with van der Waals surface area (Å²) in [6.45, 7) is 2.29. The van der Waals surface area contributed by atoms with Gasteiger partial charge in [0, 0.05) is 12.5 Å². The van der Waals surface area contributed by atoms with Crippen molar-refractivity contribution in [3.05, 3.63) is 36.0 Å². The smallest absolute Gasteiger partial charge is 0.231 e. The molecule has 0 saturated heterocycles. The maximum absolute atomic E-state index is 13.4. The molecule has 0 spiro atoms. The van der Waals surface area contributed by atoms with E-state index in [9.17, 15) is 4.39 Å². The number of nitrogens with zero attached hydrogens (tertiary/aromatic N) is 2. The lowest BCUT2D eigenvalue weighted by Gasteiger charge is -1.99. The Labute approximate surface area is 92.3 Å². The lowest BCUT2D eigenvalue weighted by Crippen LogP contribution is -2.08. The van der Waals surface area contributed by atoms with Gasteiger partial charge in [0.2, 0.25) is 11.7 Å². The minimum absolute atomic E-state index is 0.0203. The first-order valence-electron chi connectivity index (χ1n) is 5.01. The first-order chi connectivity index (χ1) is 7.72. The van der Waals surface area contributed by atoms with E-state index in [0.29, 0.717) is 18.0 Å². The zero-order chi connectivity index (χ0) is 11.5. The number of aromatic nitrogens is 2. The summed E-state index contributed by atoms with van der Waals surface area (Å²) in [5.74, 6) is 0.303. The van der Waals surface area contributed by atoms with Crippen molar-refractivity contribution in [2.75, 3.05) is 6.54 Å². The largest absolute Gasteiger partial charge is 0.339 e. The Hall–Kier alpha value is -1.75. The zero-order valence-electron chi connectivity index (χ0n) is 8.85. The molecule has 0 fully saturated rings. The molecule has 0 radical (unpaired) electrons. The molecule has 1 atom stereocenters. The molecular formula is C11H12FN3O. The van der Waals surface area contributed by atoms with Gasteiger partial charge in [-0.05, 0) is 12.1 Å². The molecule has 0 aliphatic rings. The van der Waals surface area contributed by atoms with Crippen LogP contribution in [0.2, 0.25) is 0 Å². The van der Waals surface area contributed by atoms with E-state index in [2.05, 4.69) is 10.1 Å². The minimum atomic E-state index is -0.366. The van der Waals surface area contributed by atoms with Crippen LogP contribution >= 0.6 is 0 Å². The molecule has 1 aromatic carbocycles. The number of rotatable bonds is 3. The highest BCUT2D eigenvalue weighted by Crippen LogP contribution is 2.21. The molecular weight excluding hydrogens is 209 g/mol. The van der Waals surface area contributed by atoms with Gasteiger partial charge in [-0.1, -0.05) is 24.2 Å².